The maximum atomic E-state index is 12.8. The molecule has 21 heavy (non-hydrogen) atoms. The zero-order valence-corrected chi connectivity index (χ0v) is 12.7. The van der Waals surface area contributed by atoms with Crippen molar-refractivity contribution in [2.75, 3.05) is 19.8 Å². The first-order valence-corrected chi connectivity index (χ1v) is 8.87. The summed E-state index contributed by atoms with van der Waals surface area (Å²) in [7, 11) is -3.49. The Labute approximate surface area is 125 Å². The summed E-state index contributed by atoms with van der Waals surface area (Å²) in [5.74, 6) is -0.125. The van der Waals surface area contributed by atoms with Crippen LogP contribution in [0.5, 0.6) is 0 Å². The molecule has 0 bridgehead atoms. The Morgan fingerprint density at radius 2 is 1.95 bits per heavy atom. The number of hydrogen-bond acceptors (Lipinski definition) is 4. The van der Waals surface area contributed by atoms with Gasteiger partial charge in [-0.1, -0.05) is 18.2 Å². The first-order valence-electron chi connectivity index (χ1n) is 7.43. The van der Waals surface area contributed by atoms with Crippen LogP contribution in [-0.4, -0.2) is 49.7 Å². The van der Waals surface area contributed by atoms with Crippen molar-refractivity contribution in [3.8, 4) is 0 Å². The third kappa shape index (κ3) is 2.85. The Hall–Kier alpha value is -0.950. The van der Waals surface area contributed by atoms with Gasteiger partial charge in [-0.25, -0.2) is 8.42 Å². The fourth-order valence-electron chi connectivity index (χ4n) is 3.34. The minimum absolute atomic E-state index is 0.125. The first-order chi connectivity index (χ1) is 10.1. The van der Waals surface area contributed by atoms with Gasteiger partial charge in [0, 0.05) is 25.1 Å². The van der Waals surface area contributed by atoms with Crippen molar-refractivity contribution in [3.05, 3.63) is 30.3 Å². The monoisotopic (exact) mass is 311 g/mol. The summed E-state index contributed by atoms with van der Waals surface area (Å²) in [6.45, 7) is 1.51. The van der Waals surface area contributed by atoms with Gasteiger partial charge in [-0.15, -0.1) is 0 Å². The molecule has 5 nitrogen and oxygen atoms in total. The van der Waals surface area contributed by atoms with Crippen LogP contribution in [0.2, 0.25) is 0 Å². The third-order valence-corrected chi connectivity index (χ3v) is 6.39. The summed E-state index contributed by atoms with van der Waals surface area (Å²) in [4.78, 5) is 0.322. The molecule has 2 aliphatic heterocycles. The van der Waals surface area contributed by atoms with Crippen LogP contribution in [0.15, 0.2) is 35.2 Å². The second-order valence-corrected chi connectivity index (χ2v) is 7.62. The van der Waals surface area contributed by atoms with Gasteiger partial charge in [0.05, 0.1) is 17.6 Å². The molecule has 0 saturated carbocycles. The van der Waals surface area contributed by atoms with E-state index in [0.29, 0.717) is 31.1 Å². The predicted octanol–water partition coefficient (Wildman–Crippen LogP) is 1.24. The number of nitrogens with zero attached hydrogens (tertiary/aromatic N) is 1. The minimum atomic E-state index is -3.49. The molecular weight excluding hydrogens is 290 g/mol. The zero-order valence-electron chi connectivity index (χ0n) is 11.9. The standard InChI is InChI=1S/C15H21NO4S/c17-15-8-10-20-11-13(15)14-7-4-9-16(14)21(18,19)12-5-2-1-3-6-12/h1-3,5-6,13-15,17H,4,7-11H2/t13-,14+,15+/m0/s1. The number of aliphatic hydroxyl groups is 1. The molecule has 1 N–H and O–H groups in total. The van der Waals surface area contributed by atoms with E-state index in [1.807, 2.05) is 0 Å². The largest absolute Gasteiger partial charge is 0.393 e. The predicted molar refractivity (Wildman–Crippen MR) is 78.3 cm³/mol. The second kappa shape index (κ2) is 6.04. The molecule has 2 saturated heterocycles. The molecule has 0 aliphatic carbocycles. The van der Waals surface area contributed by atoms with E-state index in [1.165, 1.54) is 0 Å². The van der Waals surface area contributed by atoms with Gasteiger partial charge in [0.25, 0.3) is 0 Å². The molecule has 2 heterocycles. The van der Waals surface area contributed by atoms with Crippen molar-refractivity contribution in [2.24, 2.45) is 5.92 Å². The second-order valence-electron chi connectivity index (χ2n) is 5.73. The molecule has 6 heteroatoms. The SMILES string of the molecule is O=S(=O)(c1ccccc1)N1CCC[C@@H]1[C@@H]1COCC[C@H]1O. The van der Waals surface area contributed by atoms with Crippen LogP contribution in [0.1, 0.15) is 19.3 Å². The van der Waals surface area contributed by atoms with Crippen LogP contribution in [0, 0.1) is 5.92 Å². The topological polar surface area (TPSA) is 66.8 Å². The molecule has 0 aromatic heterocycles. The van der Waals surface area contributed by atoms with Crippen molar-refractivity contribution in [1.29, 1.82) is 0 Å². The number of sulfonamides is 1. The quantitative estimate of drug-likeness (QED) is 0.912. The molecule has 0 unspecified atom stereocenters. The average Bonchev–Trinajstić information content (AvgIpc) is 2.99. The Balaban J connectivity index is 1.87. The smallest absolute Gasteiger partial charge is 0.243 e. The van der Waals surface area contributed by atoms with Gasteiger partial charge in [-0.05, 0) is 31.4 Å². The molecule has 0 amide bonds. The van der Waals surface area contributed by atoms with E-state index in [9.17, 15) is 13.5 Å². The molecule has 0 radical (unpaired) electrons. The highest BCUT2D eigenvalue weighted by Gasteiger charge is 2.42. The van der Waals surface area contributed by atoms with Crippen LogP contribution < -0.4 is 0 Å². The van der Waals surface area contributed by atoms with Crippen LogP contribution >= 0.6 is 0 Å². The Morgan fingerprint density at radius 1 is 1.19 bits per heavy atom. The summed E-state index contributed by atoms with van der Waals surface area (Å²) in [6, 6.07) is 8.36. The van der Waals surface area contributed by atoms with E-state index in [1.54, 1.807) is 34.6 Å². The lowest BCUT2D eigenvalue weighted by Gasteiger charge is -2.36. The molecule has 2 fully saturated rings. The lowest BCUT2D eigenvalue weighted by Crippen LogP contribution is -2.48. The summed E-state index contributed by atoms with van der Waals surface area (Å²) in [5, 5.41) is 10.2. The fourth-order valence-corrected chi connectivity index (χ4v) is 5.10. The summed E-state index contributed by atoms with van der Waals surface area (Å²) < 4.78 is 32.6. The Kier molecular flexibility index (Phi) is 4.31. The van der Waals surface area contributed by atoms with Gasteiger partial charge < -0.3 is 9.84 Å². The van der Waals surface area contributed by atoms with Gasteiger partial charge in [-0.2, -0.15) is 4.31 Å². The van der Waals surface area contributed by atoms with Crippen molar-refractivity contribution in [1.82, 2.24) is 4.31 Å². The normalized spacial score (nSPS) is 31.4. The highest BCUT2D eigenvalue weighted by atomic mass is 32.2. The number of benzene rings is 1. The number of hydrogen-bond donors (Lipinski definition) is 1. The van der Waals surface area contributed by atoms with Crippen LogP contribution in [0.4, 0.5) is 0 Å². The third-order valence-electron chi connectivity index (χ3n) is 4.45. The number of rotatable bonds is 3. The van der Waals surface area contributed by atoms with Crippen LogP contribution in [0.3, 0.4) is 0 Å². The van der Waals surface area contributed by atoms with E-state index < -0.39 is 16.1 Å². The molecule has 1 aromatic rings. The van der Waals surface area contributed by atoms with Crippen molar-refractivity contribution >= 4 is 10.0 Å². The first kappa shape index (κ1) is 15.0. The molecule has 3 atom stereocenters. The van der Waals surface area contributed by atoms with Crippen molar-refractivity contribution in [3.63, 3.8) is 0 Å². The number of aliphatic hydroxyl groups excluding tert-OH is 1. The highest BCUT2D eigenvalue weighted by molar-refractivity contribution is 7.89. The van der Waals surface area contributed by atoms with Crippen LogP contribution in [-0.2, 0) is 14.8 Å². The van der Waals surface area contributed by atoms with Gasteiger partial charge in [0.1, 0.15) is 0 Å². The van der Waals surface area contributed by atoms with Crippen molar-refractivity contribution in [2.45, 2.75) is 36.3 Å². The van der Waals surface area contributed by atoms with Gasteiger partial charge in [-0.3, -0.25) is 0 Å². The Morgan fingerprint density at radius 3 is 2.67 bits per heavy atom. The van der Waals surface area contributed by atoms with E-state index in [0.717, 1.165) is 12.8 Å². The Bertz CT molecular complexity index is 575. The van der Waals surface area contributed by atoms with Crippen LogP contribution in [0.25, 0.3) is 0 Å². The summed E-state index contributed by atoms with van der Waals surface area (Å²) >= 11 is 0. The molecule has 1 aromatic carbocycles. The lowest BCUT2D eigenvalue weighted by molar-refractivity contribution is -0.0543. The molecule has 0 spiro atoms. The maximum absolute atomic E-state index is 12.8. The number of ether oxygens (including phenoxy) is 1. The van der Waals surface area contributed by atoms with E-state index in [4.69, 9.17) is 4.74 Å². The van der Waals surface area contributed by atoms with E-state index in [-0.39, 0.29) is 12.0 Å². The highest BCUT2D eigenvalue weighted by Crippen LogP contribution is 2.33. The van der Waals surface area contributed by atoms with Gasteiger partial charge in [0.15, 0.2) is 0 Å². The maximum Gasteiger partial charge on any atom is 0.243 e. The zero-order chi connectivity index (χ0) is 14.9. The summed E-state index contributed by atoms with van der Waals surface area (Å²) in [6.07, 6.45) is 1.73. The molecular formula is C15H21NO4S. The summed E-state index contributed by atoms with van der Waals surface area (Å²) in [5.41, 5.74) is 0. The molecule has 116 valence electrons. The lowest BCUT2D eigenvalue weighted by atomic mass is 9.90. The van der Waals surface area contributed by atoms with Gasteiger partial charge in [0.2, 0.25) is 10.0 Å². The van der Waals surface area contributed by atoms with E-state index in [2.05, 4.69) is 0 Å². The molecule has 3 rings (SSSR count). The molecule has 2 aliphatic rings. The van der Waals surface area contributed by atoms with E-state index >= 15 is 0 Å². The average molecular weight is 311 g/mol. The minimum Gasteiger partial charge on any atom is -0.393 e. The van der Waals surface area contributed by atoms with Gasteiger partial charge >= 0.3 is 0 Å². The van der Waals surface area contributed by atoms with Crippen molar-refractivity contribution < 1.29 is 18.3 Å². The fraction of sp³-hybridized carbons (Fsp3) is 0.600.